The second kappa shape index (κ2) is 14.7. The van der Waals surface area contributed by atoms with Gasteiger partial charge in [0.05, 0.1) is 33.4 Å². The van der Waals surface area contributed by atoms with Crippen LogP contribution in [0.3, 0.4) is 0 Å². The van der Waals surface area contributed by atoms with Crippen LogP contribution < -0.4 is 24.6 Å². The maximum atomic E-state index is 13.9. The van der Waals surface area contributed by atoms with E-state index in [9.17, 15) is 21.6 Å². The van der Waals surface area contributed by atoms with Crippen molar-refractivity contribution in [1.82, 2.24) is 29.7 Å². The van der Waals surface area contributed by atoms with E-state index in [2.05, 4.69) is 57.1 Å². The van der Waals surface area contributed by atoms with Crippen molar-refractivity contribution in [3.05, 3.63) is 53.7 Å². The molecule has 0 unspecified atom stereocenters. The number of halogens is 3. The highest BCUT2D eigenvalue weighted by Crippen LogP contribution is 2.41. The number of hydrogen-bond donors (Lipinski definition) is 2. The van der Waals surface area contributed by atoms with E-state index >= 15 is 0 Å². The van der Waals surface area contributed by atoms with E-state index in [1.165, 1.54) is 36.8 Å². The summed E-state index contributed by atoms with van der Waals surface area (Å²) in [5.41, 5.74) is 3.64. The molecule has 2 aliphatic rings. The molecule has 5 aromatic rings. The first-order valence-corrected chi connectivity index (χ1v) is 20.1. The predicted molar refractivity (Wildman–Crippen MR) is 204 cm³/mol. The fourth-order valence-corrected chi connectivity index (χ4v) is 8.31. The van der Waals surface area contributed by atoms with Crippen molar-refractivity contribution >= 4 is 77.1 Å². The lowest BCUT2D eigenvalue weighted by atomic mass is 9.99. The van der Waals surface area contributed by atoms with Gasteiger partial charge in [0.1, 0.15) is 11.2 Å². The normalized spacial score (nSPS) is 16.7. The molecule has 3 aromatic heterocycles. The number of aromatic nitrogens is 4. The maximum absolute atomic E-state index is 13.9. The molecule has 2 fully saturated rings. The molecule has 0 spiro atoms. The van der Waals surface area contributed by atoms with E-state index in [-0.39, 0.29) is 23.1 Å². The van der Waals surface area contributed by atoms with Crippen LogP contribution in [0.2, 0.25) is 0 Å². The van der Waals surface area contributed by atoms with E-state index < -0.39 is 16.4 Å². The van der Waals surface area contributed by atoms with Crippen molar-refractivity contribution < 1.29 is 26.3 Å². The van der Waals surface area contributed by atoms with Crippen LogP contribution in [-0.4, -0.2) is 110 Å². The van der Waals surface area contributed by atoms with Gasteiger partial charge < -0.3 is 25.2 Å². The van der Waals surface area contributed by atoms with Gasteiger partial charge >= 0.3 is 6.36 Å². The lowest BCUT2D eigenvalue weighted by Crippen LogP contribution is -2.52. The molecule has 0 saturated carbocycles. The molecule has 0 atom stereocenters. The zero-order valence-electron chi connectivity index (χ0n) is 29.8. The Hall–Kier alpha value is -4.52. The van der Waals surface area contributed by atoms with E-state index in [0.29, 0.717) is 50.9 Å². The largest absolute Gasteiger partial charge is 0.573 e. The zero-order chi connectivity index (χ0) is 37.5. The summed E-state index contributed by atoms with van der Waals surface area (Å²) >= 11 is 1.36. The first kappa shape index (κ1) is 36.8. The minimum Gasteiger partial charge on any atom is -0.403 e. The van der Waals surface area contributed by atoms with Gasteiger partial charge in [0.15, 0.2) is 11.6 Å². The van der Waals surface area contributed by atoms with Crippen molar-refractivity contribution in [1.29, 1.82) is 0 Å². The number of ether oxygens (including phenoxy) is 1. The van der Waals surface area contributed by atoms with Crippen LogP contribution in [0.5, 0.6) is 5.75 Å². The summed E-state index contributed by atoms with van der Waals surface area (Å²) < 4.78 is 73.6. The molecule has 13 nitrogen and oxygen atoms in total. The van der Waals surface area contributed by atoms with Gasteiger partial charge in [0.2, 0.25) is 16.0 Å². The van der Waals surface area contributed by atoms with Crippen LogP contribution in [-0.2, 0) is 16.4 Å². The van der Waals surface area contributed by atoms with Gasteiger partial charge in [-0.15, -0.1) is 24.5 Å². The fraction of sp³-hybridized carbons (Fsp3) is 0.429. The Bertz CT molecular complexity index is 2220. The molecule has 0 amide bonds. The average molecular weight is 771 g/mol. The second-order valence-corrected chi connectivity index (χ2v) is 16.3. The number of alkyl halides is 3. The lowest BCUT2D eigenvalue weighted by Gasteiger charge is -2.43. The van der Waals surface area contributed by atoms with Crippen molar-refractivity contribution in [3.8, 4) is 5.75 Å². The third kappa shape index (κ3) is 8.05. The molecule has 2 aliphatic heterocycles. The molecular weight excluding hydrogens is 730 g/mol. The topological polar surface area (TPSA) is 132 Å². The van der Waals surface area contributed by atoms with Crippen LogP contribution in [0.15, 0.2) is 48.1 Å². The second-order valence-electron chi connectivity index (χ2n) is 13.3. The van der Waals surface area contributed by atoms with E-state index in [1.807, 2.05) is 12.3 Å². The molecule has 0 aliphatic carbocycles. The quantitative estimate of drug-likeness (QED) is 0.168. The molecule has 5 heterocycles. The molecule has 2 aromatic carbocycles. The van der Waals surface area contributed by atoms with E-state index in [0.717, 1.165) is 68.2 Å². The van der Waals surface area contributed by atoms with Crippen LogP contribution in [0.4, 0.5) is 47.7 Å². The van der Waals surface area contributed by atoms with Crippen LogP contribution in [0.25, 0.3) is 21.3 Å². The molecule has 7 rings (SSSR count). The third-order valence-electron chi connectivity index (χ3n) is 9.88. The Morgan fingerprint density at radius 3 is 2.40 bits per heavy atom. The molecular formula is C35H41F3N10O3S2. The summed E-state index contributed by atoms with van der Waals surface area (Å²) in [5.74, 6) is -0.0564. The van der Waals surface area contributed by atoms with Gasteiger partial charge in [0.25, 0.3) is 0 Å². The monoisotopic (exact) mass is 770 g/mol. The van der Waals surface area contributed by atoms with Crippen molar-refractivity contribution in [2.24, 2.45) is 0 Å². The number of benzene rings is 2. The van der Waals surface area contributed by atoms with Gasteiger partial charge in [-0.2, -0.15) is 4.98 Å². The minimum atomic E-state index is -4.94. The Morgan fingerprint density at radius 1 is 0.962 bits per heavy atom. The molecule has 2 N–H and O–H groups in total. The number of piperidine rings is 1. The highest BCUT2D eigenvalue weighted by molar-refractivity contribution is 7.92. The smallest absolute Gasteiger partial charge is 0.403 e. The minimum absolute atomic E-state index is 0.0202. The molecule has 2 saturated heterocycles. The Balaban J connectivity index is 1.22. The van der Waals surface area contributed by atoms with Gasteiger partial charge in [-0.3, -0.25) is 19.2 Å². The predicted octanol–water partition coefficient (Wildman–Crippen LogP) is 6.19. The Morgan fingerprint density at radius 2 is 1.70 bits per heavy atom. The summed E-state index contributed by atoms with van der Waals surface area (Å²) in [6, 6.07) is 8.76. The lowest BCUT2D eigenvalue weighted by molar-refractivity contribution is -0.274. The molecule has 282 valence electrons. The van der Waals surface area contributed by atoms with Crippen molar-refractivity contribution in [2.75, 3.05) is 79.5 Å². The third-order valence-corrected chi connectivity index (χ3v) is 12.0. The number of nitrogens with zero attached hydrogens (tertiary/aromatic N) is 8. The van der Waals surface area contributed by atoms with E-state index in [4.69, 9.17) is 0 Å². The molecule has 0 bridgehead atoms. The van der Waals surface area contributed by atoms with Gasteiger partial charge in [-0.05, 0) is 61.5 Å². The number of hydrogen-bond acceptors (Lipinski definition) is 13. The summed E-state index contributed by atoms with van der Waals surface area (Å²) in [5, 5.41) is 8.08. The fourth-order valence-electron chi connectivity index (χ4n) is 7.02. The number of fused-ring (bicyclic) bond motifs is 2. The SMILES string of the molecule is CCc1cc(Nc2nc(Nc3ccc4nccnc4c3N(C)S(C)(=O)=O)c3sccc3n2)c(OC(F)(F)F)cc1N1CCC(N2CCN(C)CC2)CC1. The number of piperazine rings is 1. The van der Waals surface area contributed by atoms with Gasteiger partial charge in [-0.25, -0.2) is 13.4 Å². The summed E-state index contributed by atoms with van der Waals surface area (Å²) in [6.45, 7) is 7.55. The van der Waals surface area contributed by atoms with Crippen LogP contribution in [0.1, 0.15) is 25.3 Å². The van der Waals surface area contributed by atoms with Gasteiger partial charge in [0, 0.05) is 76.5 Å². The summed E-state index contributed by atoms with van der Waals surface area (Å²) in [6.07, 6.45) is 1.57. The number of anilines is 6. The Kier molecular flexibility index (Phi) is 10.2. The van der Waals surface area contributed by atoms with Gasteiger partial charge in [-0.1, -0.05) is 6.92 Å². The average Bonchev–Trinajstić information content (AvgIpc) is 3.60. The highest BCUT2D eigenvalue weighted by Gasteiger charge is 2.34. The first-order chi connectivity index (χ1) is 25.3. The first-order valence-electron chi connectivity index (χ1n) is 17.3. The maximum Gasteiger partial charge on any atom is 0.573 e. The van der Waals surface area contributed by atoms with Crippen LogP contribution in [0, 0.1) is 0 Å². The Labute approximate surface area is 309 Å². The summed E-state index contributed by atoms with van der Waals surface area (Å²) in [4.78, 5) is 25.0. The number of sulfonamides is 1. The highest BCUT2D eigenvalue weighted by atomic mass is 32.2. The molecule has 18 heteroatoms. The number of rotatable bonds is 10. The zero-order valence-corrected chi connectivity index (χ0v) is 31.4. The molecule has 53 heavy (non-hydrogen) atoms. The van der Waals surface area contributed by atoms with Crippen molar-refractivity contribution in [2.45, 2.75) is 38.6 Å². The standard InChI is InChI=1S/C35H41F3N10O3S2/c1-5-22-20-27(29(51-35(36,37)38)21-28(22)48-13-8-23(9-14-48)47-17-15-45(2)16-18-47)43-34-42-26-10-19-52-32(26)33(44-34)41-25-7-6-24-30(40-12-11-39-24)31(25)46(3)53(4,49)50/h6-7,10-12,19-21,23H,5,8-9,13-18H2,1-4H3,(H2,41,42,43,44). The summed E-state index contributed by atoms with van der Waals surface area (Å²) in [7, 11) is -0.167. The van der Waals surface area contributed by atoms with Crippen LogP contribution >= 0.6 is 11.3 Å². The number of aryl methyl sites for hydroxylation is 1. The number of nitrogens with one attached hydrogen (secondary N) is 2. The number of likely N-dealkylation sites (N-methyl/N-ethyl adjacent to an activating group) is 1. The number of thiophene rings is 1. The van der Waals surface area contributed by atoms with E-state index in [1.54, 1.807) is 24.3 Å². The van der Waals surface area contributed by atoms with Crippen molar-refractivity contribution in [3.63, 3.8) is 0 Å². The molecule has 0 radical (unpaired) electrons.